The molecule has 0 aliphatic heterocycles. The first-order valence-corrected chi connectivity index (χ1v) is 8.28. The third-order valence-electron chi connectivity index (χ3n) is 3.99. The number of aryl methyl sites for hydroxylation is 2. The molecule has 3 aromatic rings. The van der Waals surface area contributed by atoms with Crippen LogP contribution < -0.4 is 9.47 Å². The Morgan fingerprint density at radius 3 is 2.38 bits per heavy atom. The molecule has 0 spiro atoms. The smallest absolute Gasteiger partial charge is 0.227 e. The molecule has 2 aromatic carbocycles. The lowest BCUT2D eigenvalue weighted by molar-refractivity contribution is 0.355. The van der Waals surface area contributed by atoms with E-state index in [1.165, 1.54) is 11.1 Å². The number of hydrogen-bond donors (Lipinski definition) is 0. The summed E-state index contributed by atoms with van der Waals surface area (Å²) in [6.07, 6.45) is 1.72. The summed E-state index contributed by atoms with van der Waals surface area (Å²) >= 11 is 3.59. The highest BCUT2D eigenvalue weighted by Crippen LogP contribution is 2.35. The summed E-state index contributed by atoms with van der Waals surface area (Å²) in [4.78, 5) is 4.42. The first-order chi connectivity index (χ1) is 11.5. The zero-order valence-corrected chi connectivity index (χ0v) is 15.6. The molecule has 0 radical (unpaired) electrons. The summed E-state index contributed by atoms with van der Waals surface area (Å²) in [5, 5.41) is 0. The van der Waals surface area contributed by atoms with E-state index >= 15 is 0 Å². The van der Waals surface area contributed by atoms with Gasteiger partial charge in [-0.2, -0.15) is 0 Å². The molecule has 24 heavy (non-hydrogen) atoms. The van der Waals surface area contributed by atoms with Gasteiger partial charge in [0.2, 0.25) is 5.89 Å². The van der Waals surface area contributed by atoms with Crippen molar-refractivity contribution < 1.29 is 13.9 Å². The van der Waals surface area contributed by atoms with E-state index in [9.17, 15) is 0 Å². The average Bonchev–Trinajstić information content (AvgIpc) is 3.07. The Kier molecular flexibility index (Phi) is 4.62. The molecule has 3 rings (SSSR count). The van der Waals surface area contributed by atoms with Crippen LogP contribution in [-0.4, -0.2) is 19.2 Å². The zero-order valence-electron chi connectivity index (χ0n) is 14.0. The van der Waals surface area contributed by atoms with Gasteiger partial charge in [-0.1, -0.05) is 0 Å². The van der Waals surface area contributed by atoms with Crippen LogP contribution in [-0.2, 0) is 0 Å². The summed E-state index contributed by atoms with van der Waals surface area (Å²) < 4.78 is 17.5. The zero-order chi connectivity index (χ0) is 17.3. The van der Waals surface area contributed by atoms with Crippen molar-refractivity contribution in [2.75, 3.05) is 14.2 Å². The van der Waals surface area contributed by atoms with Crippen LogP contribution in [0.2, 0.25) is 0 Å². The highest BCUT2D eigenvalue weighted by atomic mass is 79.9. The van der Waals surface area contributed by atoms with E-state index in [1.54, 1.807) is 20.4 Å². The van der Waals surface area contributed by atoms with Crippen LogP contribution in [0.3, 0.4) is 0 Å². The third-order valence-corrected chi connectivity index (χ3v) is 4.64. The van der Waals surface area contributed by atoms with Gasteiger partial charge in [0.05, 0.1) is 26.0 Å². The molecule has 0 saturated carbocycles. The van der Waals surface area contributed by atoms with Crippen molar-refractivity contribution in [1.29, 1.82) is 0 Å². The van der Waals surface area contributed by atoms with Crippen molar-refractivity contribution >= 4 is 15.9 Å². The topological polar surface area (TPSA) is 44.5 Å². The molecule has 0 N–H and O–H groups in total. The number of benzene rings is 2. The minimum Gasteiger partial charge on any atom is -0.493 e. The van der Waals surface area contributed by atoms with E-state index in [0.29, 0.717) is 23.1 Å². The Morgan fingerprint density at radius 2 is 1.67 bits per heavy atom. The quantitative estimate of drug-likeness (QED) is 0.600. The molecule has 1 aromatic heterocycles. The van der Waals surface area contributed by atoms with Crippen molar-refractivity contribution in [3.8, 4) is 34.3 Å². The molecule has 0 amide bonds. The lowest BCUT2D eigenvalue weighted by Crippen LogP contribution is -1.90. The second-order valence-electron chi connectivity index (χ2n) is 5.52. The summed E-state index contributed by atoms with van der Waals surface area (Å²) in [7, 11) is 3.22. The van der Waals surface area contributed by atoms with Crippen LogP contribution in [0.5, 0.6) is 11.5 Å². The Bertz CT molecular complexity index is 886. The summed E-state index contributed by atoms with van der Waals surface area (Å²) in [5.41, 5.74) is 4.23. The first-order valence-electron chi connectivity index (χ1n) is 7.49. The number of halogens is 1. The fourth-order valence-electron chi connectivity index (χ4n) is 2.47. The van der Waals surface area contributed by atoms with E-state index in [-0.39, 0.29) is 0 Å². The largest absolute Gasteiger partial charge is 0.493 e. The predicted octanol–water partition coefficient (Wildman–Crippen LogP) is 5.41. The molecular formula is C19H18BrNO3. The summed E-state index contributed by atoms with van der Waals surface area (Å²) in [5.74, 6) is 2.59. The fraction of sp³-hybridized carbons (Fsp3) is 0.211. The van der Waals surface area contributed by atoms with Gasteiger partial charge < -0.3 is 13.9 Å². The van der Waals surface area contributed by atoms with Crippen molar-refractivity contribution in [2.45, 2.75) is 13.8 Å². The van der Waals surface area contributed by atoms with Gasteiger partial charge >= 0.3 is 0 Å². The van der Waals surface area contributed by atoms with E-state index in [0.717, 1.165) is 15.6 Å². The Morgan fingerprint density at radius 1 is 0.958 bits per heavy atom. The highest BCUT2D eigenvalue weighted by Gasteiger charge is 2.14. The number of hydrogen-bond acceptors (Lipinski definition) is 4. The molecule has 0 unspecified atom stereocenters. The number of oxazole rings is 1. The number of nitrogens with zero attached hydrogens (tertiary/aromatic N) is 1. The molecular weight excluding hydrogens is 370 g/mol. The molecule has 0 fully saturated rings. The maximum Gasteiger partial charge on any atom is 0.227 e. The van der Waals surface area contributed by atoms with Crippen LogP contribution in [0.15, 0.2) is 45.4 Å². The van der Waals surface area contributed by atoms with E-state index in [1.807, 2.05) is 18.2 Å². The number of aromatic nitrogens is 1. The van der Waals surface area contributed by atoms with Crippen molar-refractivity contribution in [3.05, 3.63) is 52.1 Å². The highest BCUT2D eigenvalue weighted by molar-refractivity contribution is 9.10. The van der Waals surface area contributed by atoms with Gasteiger partial charge in [-0.3, -0.25) is 0 Å². The van der Waals surface area contributed by atoms with Crippen LogP contribution in [0.4, 0.5) is 0 Å². The van der Waals surface area contributed by atoms with Crippen LogP contribution >= 0.6 is 15.9 Å². The molecule has 4 nitrogen and oxygen atoms in total. The molecule has 0 aliphatic carbocycles. The van der Waals surface area contributed by atoms with Crippen molar-refractivity contribution in [3.63, 3.8) is 0 Å². The standard InChI is InChI=1S/C19H18BrNO3/c1-11-7-14(15(20)8-12(11)2)19-21-10-18(24-19)13-5-6-16(22-3)17(9-13)23-4/h5-10H,1-4H3. The number of rotatable bonds is 4. The Hall–Kier alpha value is -2.27. The van der Waals surface area contributed by atoms with E-state index in [4.69, 9.17) is 13.9 Å². The Balaban J connectivity index is 2.01. The minimum atomic E-state index is 0.578. The molecule has 1 heterocycles. The van der Waals surface area contributed by atoms with Crippen LogP contribution in [0, 0.1) is 13.8 Å². The maximum absolute atomic E-state index is 5.97. The molecule has 0 bridgehead atoms. The second-order valence-corrected chi connectivity index (χ2v) is 6.37. The maximum atomic E-state index is 5.97. The molecule has 0 aliphatic rings. The van der Waals surface area contributed by atoms with Crippen LogP contribution in [0.1, 0.15) is 11.1 Å². The molecule has 0 atom stereocenters. The summed E-state index contributed by atoms with van der Waals surface area (Å²) in [6.45, 7) is 4.15. The van der Waals surface area contributed by atoms with Crippen molar-refractivity contribution in [1.82, 2.24) is 4.98 Å². The number of methoxy groups -OCH3 is 2. The molecule has 5 heteroatoms. The fourth-order valence-corrected chi connectivity index (χ4v) is 3.09. The summed E-state index contributed by atoms with van der Waals surface area (Å²) in [6, 6.07) is 9.79. The van der Waals surface area contributed by atoms with Gasteiger partial charge in [0, 0.05) is 10.0 Å². The van der Waals surface area contributed by atoms with Gasteiger partial charge in [-0.25, -0.2) is 4.98 Å². The average molecular weight is 388 g/mol. The SMILES string of the molecule is COc1ccc(-c2cnc(-c3cc(C)c(C)cc3Br)o2)cc1OC. The Labute approximate surface area is 149 Å². The van der Waals surface area contributed by atoms with Crippen LogP contribution in [0.25, 0.3) is 22.8 Å². The van der Waals surface area contributed by atoms with Gasteiger partial charge in [0.25, 0.3) is 0 Å². The number of ether oxygens (including phenoxy) is 2. The van der Waals surface area contributed by atoms with Gasteiger partial charge in [-0.05, 0) is 71.2 Å². The molecule has 0 saturated heterocycles. The minimum absolute atomic E-state index is 0.578. The lowest BCUT2D eigenvalue weighted by atomic mass is 10.1. The normalized spacial score (nSPS) is 10.7. The van der Waals surface area contributed by atoms with Crippen molar-refractivity contribution in [2.24, 2.45) is 0 Å². The molecule has 124 valence electrons. The lowest BCUT2D eigenvalue weighted by Gasteiger charge is -2.08. The van der Waals surface area contributed by atoms with E-state index in [2.05, 4.69) is 46.9 Å². The predicted molar refractivity (Wildman–Crippen MR) is 97.7 cm³/mol. The van der Waals surface area contributed by atoms with Gasteiger partial charge in [-0.15, -0.1) is 0 Å². The monoisotopic (exact) mass is 387 g/mol. The van der Waals surface area contributed by atoms with E-state index < -0.39 is 0 Å². The van der Waals surface area contributed by atoms with Gasteiger partial charge in [0.15, 0.2) is 17.3 Å². The second kappa shape index (κ2) is 6.69. The van der Waals surface area contributed by atoms with Gasteiger partial charge in [0.1, 0.15) is 0 Å². The first kappa shape index (κ1) is 16.6. The third kappa shape index (κ3) is 3.04.